The first-order valence-corrected chi connectivity index (χ1v) is 11.7. The standard InChI is InChI=1S/C26H38FN5/c1-5-28-26(29-17-21-10-11-25(27)23(16-21)18-31(3)4)30-24-12-14-32(15-13-24)19-22-9-7-6-8-20(22)2/h6-11,16,24H,5,12-15,17-19H2,1-4H3,(H2,28,29,30). The van der Waals surface area contributed by atoms with Crippen molar-refractivity contribution in [1.29, 1.82) is 0 Å². The van der Waals surface area contributed by atoms with E-state index in [1.54, 1.807) is 6.07 Å². The minimum absolute atomic E-state index is 0.158. The molecular formula is C26H38FN5. The predicted molar refractivity (Wildman–Crippen MR) is 131 cm³/mol. The molecule has 174 valence electrons. The first-order valence-electron chi connectivity index (χ1n) is 11.7. The van der Waals surface area contributed by atoms with Crippen LogP contribution in [0.1, 0.15) is 42.0 Å². The van der Waals surface area contributed by atoms with E-state index in [0.717, 1.165) is 50.5 Å². The fraction of sp³-hybridized carbons (Fsp3) is 0.500. The third-order valence-corrected chi connectivity index (χ3v) is 5.94. The van der Waals surface area contributed by atoms with E-state index in [9.17, 15) is 4.39 Å². The highest BCUT2D eigenvalue weighted by molar-refractivity contribution is 5.80. The maximum absolute atomic E-state index is 14.1. The van der Waals surface area contributed by atoms with Crippen molar-refractivity contribution in [3.05, 3.63) is 70.5 Å². The lowest BCUT2D eigenvalue weighted by Crippen LogP contribution is -2.48. The van der Waals surface area contributed by atoms with E-state index in [2.05, 4.69) is 53.6 Å². The first-order chi connectivity index (χ1) is 15.4. The Kier molecular flexibility index (Phi) is 9.06. The molecule has 0 saturated carbocycles. The van der Waals surface area contributed by atoms with E-state index in [1.165, 1.54) is 11.1 Å². The summed E-state index contributed by atoms with van der Waals surface area (Å²) in [5.74, 6) is 0.678. The molecule has 0 amide bonds. The summed E-state index contributed by atoms with van der Waals surface area (Å²) in [4.78, 5) is 9.28. The lowest BCUT2D eigenvalue weighted by Gasteiger charge is -2.33. The van der Waals surface area contributed by atoms with Crippen LogP contribution in [0.5, 0.6) is 0 Å². The number of nitrogens with one attached hydrogen (secondary N) is 2. The number of piperidine rings is 1. The molecule has 0 unspecified atom stereocenters. The third kappa shape index (κ3) is 7.31. The highest BCUT2D eigenvalue weighted by atomic mass is 19.1. The van der Waals surface area contributed by atoms with Crippen LogP contribution in [-0.4, -0.2) is 55.5 Å². The molecule has 2 aromatic carbocycles. The first kappa shape index (κ1) is 24.2. The summed E-state index contributed by atoms with van der Waals surface area (Å²) in [5.41, 5.74) is 4.51. The summed E-state index contributed by atoms with van der Waals surface area (Å²) < 4.78 is 14.1. The van der Waals surface area contributed by atoms with Gasteiger partial charge in [0.2, 0.25) is 0 Å². The van der Waals surface area contributed by atoms with Crippen LogP contribution in [0.3, 0.4) is 0 Å². The fourth-order valence-electron chi connectivity index (χ4n) is 4.14. The lowest BCUT2D eigenvalue weighted by molar-refractivity contribution is 0.198. The Morgan fingerprint density at radius 1 is 1.12 bits per heavy atom. The van der Waals surface area contributed by atoms with E-state index < -0.39 is 0 Å². The van der Waals surface area contributed by atoms with Gasteiger partial charge in [0.05, 0.1) is 6.54 Å². The molecule has 1 fully saturated rings. The molecule has 1 saturated heterocycles. The molecule has 0 aliphatic carbocycles. The average Bonchev–Trinajstić information content (AvgIpc) is 2.77. The molecule has 1 aliphatic heterocycles. The molecule has 0 spiro atoms. The second-order valence-corrected chi connectivity index (χ2v) is 8.98. The maximum Gasteiger partial charge on any atom is 0.191 e. The van der Waals surface area contributed by atoms with Gasteiger partial charge in [-0.25, -0.2) is 9.38 Å². The Morgan fingerprint density at radius 2 is 1.88 bits per heavy atom. The number of aliphatic imine (C=N–C) groups is 1. The molecule has 0 radical (unpaired) electrons. The van der Waals surface area contributed by atoms with Crippen LogP contribution < -0.4 is 10.6 Å². The number of hydrogen-bond donors (Lipinski definition) is 2. The van der Waals surface area contributed by atoms with Crippen molar-refractivity contribution >= 4 is 5.96 Å². The molecule has 5 nitrogen and oxygen atoms in total. The minimum atomic E-state index is -0.158. The molecular weight excluding hydrogens is 401 g/mol. The topological polar surface area (TPSA) is 42.9 Å². The molecule has 0 aromatic heterocycles. The van der Waals surface area contributed by atoms with Gasteiger partial charge in [-0.3, -0.25) is 4.90 Å². The second kappa shape index (κ2) is 12.0. The van der Waals surface area contributed by atoms with E-state index >= 15 is 0 Å². The smallest absolute Gasteiger partial charge is 0.191 e. The van der Waals surface area contributed by atoms with Crippen molar-refractivity contribution in [1.82, 2.24) is 20.4 Å². The molecule has 6 heteroatoms. The highest BCUT2D eigenvalue weighted by Crippen LogP contribution is 2.17. The SMILES string of the molecule is CCNC(=NCc1ccc(F)c(CN(C)C)c1)NC1CCN(Cc2ccccc2C)CC1. The largest absolute Gasteiger partial charge is 0.357 e. The quantitative estimate of drug-likeness (QED) is 0.483. The third-order valence-electron chi connectivity index (χ3n) is 5.94. The Balaban J connectivity index is 1.54. The predicted octanol–water partition coefficient (Wildman–Crippen LogP) is 3.92. The summed E-state index contributed by atoms with van der Waals surface area (Å²) in [6, 6.07) is 14.4. The molecule has 0 bridgehead atoms. The number of likely N-dealkylation sites (tertiary alicyclic amines) is 1. The Bertz CT molecular complexity index is 888. The van der Waals surface area contributed by atoms with Gasteiger partial charge in [-0.2, -0.15) is 0 Å². The normalized spacial score (nSPS) is 15.9. The van der Waals surface area contributed by atoms with Crippen molar-refractivity contribution in [3.8, 4) is 0 Å². The maximum atomic E-state index is 14.1. The Labute approximate surface area is 192 Å². The van der Waals surface area contributed by atoms with E-state index in [0.29, 0.717) is 24.7 Å². The van der Waals surface area contributed by atoms with Crippen molar-refractivity contribution in [2.45, 2.75) is 52.4 Å². The zero-order chi connectivity index (χ0) is 22.9. The van der Waals surface area contributed by atoms with Crippen LogP contribution in [0, 0.1) is 12.7 Å². The number of hydrogen-bond acceptors (Lipinski definition) is 3. The summed E-state index contributed by atoms with van der Waals surface area (Å²) in [5, 5.41) is 6.97. The van der Waals surface area contributed by atoms with Crippen molar-refractivity contribution in [2.24, 2.45) is 4.99 Å². The van der Waals surface area contributed by atoms with Crippen molar-refractivity contribution in [2.75, 3.05) is 33.7 Å². The van der Waals surface area contributed by atoms with Crippen LogP contribution in [0.15, 0.2) is 47.5 Å². The van der Waals surface area contributed by atoms with Gasteiger partial charge < -0.3 is 15.5 Å². The molecule has 1 heterocycles. The van der Waals surface area contributed by atoms with E-state index in [-0.39, 0.29) is 5.82 Å². The molecule has 3 rings (SSSR count). The van der Waals surface area contributed by atoms with Gasteiger partial charge in [-0.05, 0) is 69.6 Å². The highest BCUT2D eigenvalue weighted by Gasteiger charge is 2.20. The second-order valence-electron chi connectivity index (χ2n) is 8.98. The number of halogens is 1. The van der Waals surface area contributed by atoms with Gasteiger partial charge >= 0.3 is 0 Å². The van der Waals surface area contributed by atoms with Crippen LogP contribution in [-0.2, 0) is 19.6 Å². The van der Waals surface area contributed by atoms with Crippen molar-refractivity contribution < 1.29 is 4.39 Å². The number of aryl methyl sites for hydroxylation is 1. The van der Waals surface area contributed by atoms with Gasteiger partial charge in [0.25, 0.3) is 0 Å². The number of guanidine groups is 1. The van der Waals surface area contributed by atoms with Gasteiger partial charge in [0.1, 0.15) is 5.82 Å². The lowest BCUT2D eigenvalue weighted by atomic mass is 10.0. The monoisotopic (exact) mass is 439 g/mol. The number of rotatable bonds is 8. The zero-order valence-corrected chi connectivity index (χ0v) is 20.0. The van der Waals surface area contributed by atoms with E-state index in [1.807, 2.05) is 31.1 Å². The molecule has 2 aromatic rings. The molecule has 1 aliphatic rings. The Morgan fingerprint density at radius 3 is 2.56 bits per heavy atom. The molecule has 0 atom stereocenters. The van der Waals surface area contributed by atoms with Crippen LogP contribution in [0.2, 0.25) is 0 Å². The summed E-state index contributed by atoms with van der Waals surface area (Å²) >= 11 is 0. The van der Waals surface area contributed by atoms with Crippen LogP contribution in [0.25, 0.3) is 0 Å². The zero-order valence-electron chi connectivity index (χ0n) is 20.0. The number of nitrogens with zero attached hydrogens (tertiary/aromatic N) is 3. The van der Waals surface area contributed by atoms with Crippen LogP contribution in [0.4, 0.5) is 4.39 Å². The van der Waals surface area contributed by atoms with Gasteiger partial charge in [0.15, 0.2) is 5.96 Å². The van der Waals surface area contributed by atoms with Crippen molar-refractivity contribution in [3.63, 3.8) is 0 Å². The average molecular weight is 440 g/mol. The summed E-state index contributed by atoms with van der Waals surface area (Å²) in [7, 11) is 3.90. The molecule has 32 heavy (non-hydrogen) atoms. The Hall–Kier alpha value is -2.44. The summed E-state index contributed by atoms with van der Waals surface area (Å²) in [6.07, 6.45) is 2.19. The minimum Gasteiger partial charge on any atom is -0.357 e. The molecule has 2 N–H and O–H groups in total. The number of benzene rings is 2. The van der Waals surface area contributed by atoms with Gasteiger partial charge in [0, 0.05) is 44.3 Å². The van der Waals surface area contributed by atoms with Gasteiger partial charge in [-0.1, -0.05) is 30.3 Å². The summed E-state index contributed by atoms with van der Waals surface area (Å²) in [6.45, 7) is 9.38. The fourth-order valence-corrected chi connectivity index (χ4v) is 4.14. The van der Waals surface area contributed by atoms with E-state index in [4.69, 9.17) is 4.99 Å². The van der Waals surface area contributed by atoms with Gasteiger partial charge in [-0.15, -0.1) is 0 Å². The van der Waals surface area contributed by atoms with Crippen LogP contribution >= 0.6 is 0 Å².